The standard InChI is InChI=1S/C27H21N3O2/c28-23-9-11-24(12-10-23)30(27(31)26-17-22-3-1-2-4-25(22)32-26)18-19-5-7-20(8-6-19)21-13-15-29-16-14-21/h1-17H,18,28H2. The van der Waals surface area contributed by atoms with Gasteiger partial charge in [-0.25, -0.2) is 0 Å². The molecule has 0 atom stereocenters. The lowest BCUT2D eigenvalue weighted by Gasteiger charge is -2.22. The van der Waals surface area contributed by atoms with E-state index in [1.165, 1.54) is 0 Å². The van der Waals surface area contributed by atoms with Crippen molar-refractivity contribution in [2.24, 2.45) is 0 Å². The molecule has 1 amide bonds. The number of para-hydroxylation sites is 1. The van der Waals surface area contributed by atoms with Crippen LogP contribution in [0.4, 0.5) is 11.4 Å². The van der Waals surface area contributed by atoms with Gasteiger partial charge >= 0.3 is 0 Å². The van der Waals surface area contributed by atoms with Crippen LogP contribution in [-0.2, 0) is 6.54 Å². The largest absolute Gasteiger partial charge is 0.451 e. The highest BCUT2D eigenvalue weighted by atomic mass is 16.3. The van der Waals surface area contributed by atoms with Crippen molar-refractivity contribution in [1.82, 2.24) is 4.98 Å². The van der Waals surface area contributed by atoms with Gasteiger partial charge in [-0.3, -0.25) is 9.78 Å². The van der Waals surface area contributed by atoms with E-state index in [9.17, 15) is 4.79 Å². The summed E-state index contributed by atoms with van der Waals surface area (Å²) in [5, 5.41) is 0.898. The highest BCUT2D eigenvalue weighted by Crippen LogP contribution is 2.26. The van der Waals surface area contributed by atoms with Crippen molar-refractivity contribution in [3.8, 4) is 11.1 Å². The van der Waals surface area contributed by atoms with E-state index in [0.717, 1.165) is 27.8 Å². The molecule has 0 saturated heterocycles. The monoisotopic (exact) mass is 419 g/mol. The molecule has 0 spiro atoms. The fourth-order valence-electron chi connectivity index (χ4n) is 3.68. The molecular formula is C27H21N3O2. The Labute approximate surface area is 185 Å². The molecule has 0 bridgehead atoms. The number of hydrogen-bond donors (Lipinski definition) is 1. The molecule has 0 saturated carbocycles. The molecule has 0 aliphatic heterocycles. The lowest BCUT2D eigenvalue weighted by Crippen LogP contribution is -2.30. The number of nitrogens with two attached hydrogens (primary N) is 1. The van der Waals surface area contributed by atoms with Crippen molar-refractivity contribution in [2.45, 2.75) is 6.54 Å². The minimum absolute atomic E-state index is 0.204. The van der Waals surface area contributed by atoms with E-state index in [-0.39, 0.29) is 5.91 Å². The third kappa shape index (κ3) is 3.96. The van der Waals surface area contributed by atoms with Gasteiger partial charge in [0.15, 0.2) is 5.76 Å². The molecule has 2 heterocycles. The second-order valence-corrected chi connectivity index (χ2v) is 7.56. The summed E-state index contributed by atoms with van der Waals surface area (Å²) in [6.45, 7) is 0.399. The molecule has 5 nitrogen and oxygen atoms in total. The molecule has 156 valence electrons. The van der Waals surface area contributed by atoms with Crippen LogP contribution < -0.4 is 10.6 Å². The quantitative estimate of drug-likeness (QED) is 0.359. The van der Waals surface area contributed by atoms with Crippen molar-refractivity contribution in [2.75, 3.05) is 10.6 Å². The minimum atomic E-state index is -0.204. The summed E-state index contributed by atoms with van der Waals surface area (Å²) in [7, 11) is 0. The molecular weight excluding hydrogens is 398 g/mol. The predicted octanol–water partition coefficient (Wildman–Crippen LogP) is 5.92. The summed E-state index contributed by atoms with van der Waals surface area (Å²) >= 11 is 0. The summed E-state index contributed by atoms with van der Waals surface area (Å²) in [5.41, 5.74) is 11.1. The van der Waals surface area contributed by atoms with Gasteiger partial charge in [-0.15, -0.1) is 0 Å². The topological polar surface area (TPSA) is 72.4 Å². The van der Waals surface area contributed by atoms with Crippen molar-refractivity contribution in [1.29, 1.82) is 0 Å². The first-order chi connectivity index (χ1) is 15.7. The first-order valence-electron chi connectivity index (χ1n) is 10.3. The Morgan fingerprint density at radius 1 is 0.844 bits per heavy atom. The second-order valence-electron chi connectivity index (χ2n) is 7.56. The van der Waals surface area contributed by atoms with Gasteiger partial charge in [0, 0.05) is 29.2 Å². The zero-order valence-electron chi connectivity index (χ0n) is 17.3. The number of nitrogens with zero attached hydrogens (tertiary/aromatic N) is 2. The lowest BCUT2D eigenvalue weighted by molar-refractivity contribution is 0.0960. The molecule has 2 aromatic heterocycles. The number of anilines is 2. The molecule has 0 fully saturated rings. The SMILES string of the molecule is Nc1ccc(N(Cc2ccc(-c3ccncc3)cc2)C(=O)c2cc3ccccc3o2)cc1. The van der Waals surface area contributed by atoms with Gasteiger partial charge in [0.1, 0.15) is 5.58 Å². The number of rotatable bonds is 5. The Hall–Kier alpha value is -4.38. The van der Waals surface area contributed by atoms with Gasteiger partial charge < -0.3 is 15.1 Å². The van der Waals surface area contributed by atoms with Gasteiger partial charge in [-0.2, -0.15) is 0 Å². The molecule has 0 unspecified atom stereocenters. The van der Waals surface area contributed by atoms with Gasteiger partial charge in [0.05, 0.1) is 6.54 Å². The van der Waals surface area contributed by atoms with Gasteiger partial charge in [0.2, 0.25) is 0 Å². The van der Waals surface area contributed by atoms with E-state index >= 15 is 0 Å². The number of furan rings is 1. The van der Waals surface area contributed by atoms with Gasteiger partial charge in [0.25, 0.3) is 5.91 Å². The Balaban J connectivity index is 1.47. The van der Waals surface area contributed by atoms with Crippen LogP contribution in [-0.4, -0.2) is 10.9 Å². The highest BCUT2D eigenvalue weighted by Gasteiger charge is 2.22. The van der Waals surface area contributed by atoms with Crippen LogP contribution in [0.1, 0.15) is 16.1 Å². The van der Waals surface area contributed by atoms with Gasteiger partial charge in [-0.05, 0) is 65.2 Å². The molecule has 0 radical (unpaired) electrons. The number of hydrogen-bond acceptors (Lipinski definition) is 4. The fraction of sp³-hybridized carbons (Fsp3) is 0.0370. The number of benzene rings is 3. The van der Waals surface area contributed by atoms with Crippen molar-refractivity contribution >= 4 is 28.3 Å². The third-order valence-electron chi connectivity index (χ3n) is 5.39. The molecule has 32 heavy (non-hydrogen) atoms. The molecule has 0 aliphatic carbocycles. The molecule has 3 aromatic carbocycles. The van der Waals surface area contributed by atoms with E-state index in [4.69, 9.17) is 10.2 Å². The first-order valence-corrected chi connectivity index (χ1v) is 10.3. The molecule has 5 rings (SSSR count). The smallest absolute Gasteiger partial charge is 0.294 e. The van der Waals surface area contributed by atoms with Crippen LogP contribution in [0.3, 0.4) is 0 Å². The van der Waals surface area contributed by atoms with E-state index < -0.39 is 0 Å². The molecule has 0 aliphatic rings. The van der Waals surface area contributed by atoms with E-state index in [1.54, 1.807) is 35.5 Å². The van der Waals surface area contributed by atoms with Crippen LogP contribution in [0.15, 0.2) is 108 Å². The number of amides is 1. The summed E-state index contributed by atoms with van der Waals surface area (Å²) in [4.78, 5) is 19.3. The first kappa shape index (κ1) is 19.6. The van der Waals surface area contributed by atoms with Crippen LogP contribution >= 0.6 is 0 Å². The number of fused-ring (bicyclic) bond motifs is 1. The number of nitrogen functional groups attached to an aromatic ring is 1. The maximum Gasteiger partial charge on any atom is 0.294 e. The van der Waals surface area contributed by atoms with Crippen LogP contribution in [0.5, 0.6) is 0 Å². The van der Waals surface area contributed by atoms with Crippen molar-refractivity contribution in [3.05, 3.63) is 115 Å². The Morgan fingerprint density at radius 3 is 2.25 bits per heavy atom. The van der Waals surface area contributed by atoms with Crippen molar-refractivity contribution < 1.29 is 9.21 Å². The molecule has 5 aromatic rings. The number of carbonyl (C=O) groups is 1. The van der Waals surface area contributed by atoms with Crippen LogP contribution in [0.2, 0.25) is 0 Å². The summed E-state index contributed by atoms with van der Waals surface area (Å²) in [6, 6.07) is 28.8. The summed E-state index contributed by atoms with van der Waals surface area (Å²) in [6.07, 6.45) is 3.55. The lowest BCUT2D eigenvalue weighted by atomic mass is 10.0. The van der Waals surface area contributed by atoms with E-state index in [2.05, 4.69) is 17.1 Å². The van der Waals surface area contributed by atoms with Crippen LogP contribution in [0.25, 0.3) is 22.1 Å². The summed E-state index contributed by atoms with van der Waals surface area (Å²) < 4.78 is 5.85. The fourth-order valence-corrected chi connectivity index (χ4v) is 3.68. The van der Waals surface area contributed by atoms with E-state index in [1.807, 2.05) is 60.7 Å². The Morgan fingerprint density at radius 2 is 1.53 bits per heavy atom. The van der Waals surface area contributed by atoms with Crippen molar-refractivity contribution in [3.63, 3.8) is 0 Å². The average molecular weight is 419 g/mol. The summed E-state index contributed by atoms with van der Waals surface area (Å²) in [5.74, 6) is 0.0978. The zero-order chi connectivity index (χ0) is 21.9. The van der Waals surface area contributed by atoms with Crippen LogP contribution in [0, 0.1) is 0 Å². The zero-order valence-corrected chi connectivity index (χ0v) is 17.3. The minimum Gasteiger partial charge on any atom is -0.451 e. The Bertz CT molecular complexity index is 1320. The average Bonchev–Trinajstić information content (AvgIpc) is 3.28. The highest BCUT2D eigenvalue weighted by molar-refractivity contribution is 6.06. The van der Waals surface area contributed by atoms with E-state index in [0.29, 0.717) is 23.6 Å². The molecule has 2 N–H and O–H groups in total. The predicted molar refractivity (Wildman–Crippen MR) is 127 cm³/mol. The number of pyridine rings is 1. The number of carbonyl (C=O) groups excluding carboxylic acids is 1. The normalized spacial score (nSPS) is 10.9. The van der Waals surface area contributed by atoms with Gasteiger partial charge in [-0.1, -0.05) is 42.5 Å². The Kier molecular flexibility index (Phi) is 5.14. The maximum absolute atomic E-state index is 13.5. The number of aromatic nitrogens is 1. The third-order valence-corrected chi connectivity index (χ3v) is 5.39. The molecule has 5 heteroatoms. The second kappa shape index (κ2) is 8.40. The maximum atomic E-state index is 13.5.